The molecule has 7 heteroatoms. The number of carbonyl (C=O) groups excluding carboxylic acids is 1. The SMILES string of the molecule is O=C(O)C=Cc1csc(CNC(=O)c2ccc[nH]c2=O)c1. The van der Waals surface area contributed by atoms with Crippen LogP contribution >= 0.6 is 11.3 Å². The lowest BCUT2D eigenvalue weighted by molar-refractivity contribution is -0.131. The molecule has 0 aliphatic heterocycles. The first-order valence-electron chi connectivity index (χ1n) is 6.00. The fraction of sp³-hybridized carbons (Fsp3) is 0.0714. The number of nitrogens with one attached hydrogen (secondary N) is 2. The van der Waals surface area contributed by atoms with E-state index in [2.05, 4.69) is 10.3 Å². The number of carboxylic acids is 1. The van der Waals surface area contributed by atoms with Crippen molar-refractivity contribution in [3.05, 3.63) is 62.2 Å². The lowest BCUT2D eigenvalue weighted by Gasteiger charge is -2.02. The van der Waals surface area contributed by atoms with E-state index in [1.807, 2.05) is 0 Å². The molecule has 6 nitrogen and oxygen atoms in total. The van der Waals surface area contributed by atoms with Gasteiger partial charge in [0, 0.05) is 17.2 Å². The normalized spacial score (nSPS) is 10.7. The summed E-state index contributed by atoms with van der Waals surface area (Å²) >= 11 is 1.40. The van der Waals surface area contributed by atoms with E-state index in [1.54, 1.807) is 17.5 Å². The second-order valence-corrected chi connectivity index (χ2v) is 5.11. The van der Waals surface area contributed by atoms with Crippen LogP contribution in [0.1, 0.15) is 20.8 Å². The van der Waals surface area contributed by atoms with E-state index in [0.29, 0.717) is 0 Å². The molecule has 0 aromatic carbocycles. The standard InChI is InChI=1S/C14H12N2O4S/c17-12(18)4-3-9-6-10(21-8-9)7-16-14(20)11-2-1-5-15-13(11)19/h1-6,8H,7H2,(H,15,19)(H,16,20)(H,17,18). The van der Waals surface area contributed by atoms with Gasteiger partial charge in [-0.05, 0) is 35.2 Å². The number of pyridine rings is 1. The van der Waals surface area contributed by atoms with Gasteiger partial charge < -0.3 is 15.4 Å². The average Bonchev–Trinajstić information content (AvgIpc) is 2.91. The van der Waals surface area contributed by atoms with Crippen LogP contribution in [0.5, 0.6) is 0 Å². The monoisotopic (exact) mass is 304 g/mol. The van der Waals surface area contributed by atoms with Crippen molar-refractivity contribution in [1.82, 2.24) is 10.3 Å². The van der Waals surface area contributed by atoms with Crippen LogP contribution < -0.4 is 10.9 Å². The van der Waals surface area contributed by atoms with Crippen molar-refractivity contribution in [2.24, 2.45) is 0 Å². The molecule has 0 spiro atoms. The smallest absolute Gasteiger partial charge is 0.328 e. The molecule has 0 bridgehead atoms. The molecule has 3 N–H and O–H groups in total. The Morgan fingerprint density at radius 2 is 2.24 bits per heavy atom. The number of hydrogen-bond acceptors (Lipinski definition) is 4. The molecule has 108 valence electrons. The van der Waals surface area contributed by atoms with E-state index < -0.39 is 17.4 Å². The highest BCUT2D eigenvalue weighted by Crippen LogP contribution is 2.15. The molecule has 2 rings (SSSR count). The van der Waals surface area contributed by atoms with Crippen LogP contribution in [-0.2, 0) is 11.3 Å². The van der Waals surface area contributed by atoms with Crippen LogP contribution in [0.2, 0.25) is 0 Å². The molecular formula is C14H12N2O4S. The van der Waals surface area contributed by atoms with Gasteiger partial charge in [0.1, 0.15) is 5.56 Å². The summed E-state index contributed by atoms with van der Waals surface area (Å²) in [4.78, 5) is 37.0. The van der Waals surface area contributed by atoms with Gasteiger partial charge in [0.15, 0.2) is 0 Å². The number of hydrogen-bond donors (Lipinski definition) is 3. The zero-order valence-electron chi connectivity index (χ0n) is 10.8. The van der Waals surface area contributed by atoms with Gasteiger partial charge >= 0.3 is 5.97 Å². The van der Waals surface area contributed by atoms with Crippen molar-refractivity contribution < 1.29 is 14.7 Å². The summed E-state index contributed by atoms with van der Waals surface area (Å²) in [5, 5.41) is 13.0. The van der Waals surface area contributed by atoms with Gasteiger partial charge in [0.2, 0.25) is 0 Å². The Kier molecular flexibility index (Phi) is 4.68. The predicted molar refractivity (Wildman–Crippen MR) is 79.2 cm³/mol. The number of aromatic nitrogens is 1. The first-order valence-corrected chi connectivity index (χ1v) is 6.88. The highest BCUT2D eigenvalue weighted by molar-refractivity contribution is 7.10. The van der Waals surface area contributed by atoms with E-state index in [1.165, 1.54) is 29.7 Å². The number of aromatic amines is 1. The van der Waals surface area contributed by atoms with E-state index in [4.69, 9.17) is 5.11 Å². The maximum Gasteiger partial charge on any atom is 0.328 e. The highest BCUT2D eigenvalue weighted by Gasteiger charge is 2.09. The van der Waals surface area contributed by atoms with Crippen molar-refractivity contribution in [3.8, 4) is 0 Å². The zero-order valence-corrected chi connectivity index (χ0v) is 11.6. The Hall–Kier alpha value is -2.67. The van der Waals surface area contributed by atoms with Crippen LogP contribution in [-0.4, -0.2) is 22.0 Å². The van der Waals surface area contributed by atoms with Gasteiger partial charge in [0.25, 0.3) is 11.5 Å². The molecule has 0 atom stereocenters. The third-order valence-corrected chi connectivity index (χ3v) is 3.53. The second-order valence-electron chi connectivity index (χ2n) is 4.11. The van der Waals surface area contributed by atoms with Crippen molar-refractivity contribution in [1.29, 1.82) is 0 Å². The number of aliphatic carboxylic acids is 1. The third-order valence-electron chi connectivity index (χ3n) is 2.58. The zero-order chi connectivity index (χ0) is 15.2. The molecule has 0 radical (unpaired) electrons. The molecule has 1 amide bonds. The molecular weight excluding hydrogens is 292 g/mol. The van der Waals surface area contributed by atoms with Crippen molar-refractivity contribution in [2.45, 2.75) is 6.54 Å². The van der Waals surface area contributed by atoms with Crippen LogP contribution in [0.3, 0.4) is 0 Å². The van der Waals surface area contributed by atoms with E-state index in [9.17, 15) is 14.4 Å². The molecule has 2 aromatic rings. The first-order chi connectivity index (χ1) is 10.1. The Balaban J connectivity index is 1.98. The quantitative estimate of drug-likeness (QED) is 0.728. The second kappa shape index (κ2) is 6.67. The minimum Gasteiger partial charge on any atom is -0.478 e. The molecule has 0 aliphatic carbocycles. The van der Waals surface area contributed by atoms with Gasteiger partial charge in [-0.25, -0.2) is 4.79 Å². The molecule has 21 heavy (non-hydrogen) atoms. The van der Waals surface area contributed by atoms with Gasteiger partial charge in [-0.1, -0.05) is 0 Å². The summed E-state index contributed by atoms with van der Waals surface area (Å²) in [5.41, 5.74) is 0.371. The first kappa shape index (κ1) is 14.7. The van der Waals surface area contributed by atoms with Crippen molar-refractivity contribution >= 4 is 29.3 Å². The number of carboxylic acid groups (broad SMARTS) is 1. The fourth-order valence-corrected chi connectivity index (χ4v) is 2.40. The summed E-state index contributed by atoms with van der Waals surface area (Å²) in [5.74, 6) is -1.47. The highest BCUT2D eigenvalue weighted by atomic mass is 32.1. The summed E-state index contributed by atoms with van der Waals surface area (Å²) in [6, 6.07) is 4.81. The Labute approximate surface area is 123 Å². The molecule has 0 aliphatic rings. The van der Waals surface area contributed by atoms with Gasteiger partial charge in [-0.3, -0.25) is 9.59 Å². The van der Waals surface area contributed by atoms with Gasteiger partial charge in [-0.15, -0.1) is 11.3 Å². The van der Waals surface area contributed by atoms with Gasteiger partial charge in [-0.2, -0.15) is 0 Å². The van der Waals surface area contributed by atoms with Crippen LogP contribution in [0, 0.1) is 0 Å². The topological polar surface area (TPSA) is 99.3 Å². The van der Waals surface area contributed by atoms with E-state index in [-0.39, 0.29) is 12.1 Å². The maximum atomic E-state index is 11.8. The molecule has 0 fully saturated rings. The summed E-state index contributed by atoms with van der Waals surface area (Å²) in [7, 11) is 0. The van der Waals surface area contributed by atoms with Crippen LogP contribution in [0.15, 0.2) is 40.6 Å². The van der Waals surface area contributed by atoms with Crippen molar-refractivity contribution in [2.75, 3.05) is 0 Å². The number of rotatable bonds is 5. The van der Waals surface area contributed by atoms with E-state index in [0.717, 1.165) is 16.5 Å². The largest absolute Gasteiger partial charge is 0.478 e. The predicted octanol–water partition coefficient (Wildman–Crippen LogP) is 1.46. The average molecular weight is 304 g/mol. The number of thiophene rings is 1. The minimum absolute atomic E-state index is 0.0556. The lowest BCUT2D eigenvalue weighted by Crippen LogP contribution is -2.28. The Morgan fingerprint density at radius 1 is 1.43 bits per heavy atom. The molecule has 2 heterocycles. The third kappa shape index (κ3) is 4.15. The fourth-order valence-electron chi connectivity index (χ4n) is 1.61. The van der Waals surface area contributed by atoms with Crippen LogP contribution in [0.25, 0.3) is 6.08 Å². The Morgan fingerprint density at radius 3 is 2.95 bits per heavy atom. The Bertz CT molecular complexity index is 745. The number of carbonyl (C=O) groups is 2. The molecule has 0 unspecified atom stereocenters. The number of amides is 1. The molecule has 0 saturated carbocycles. The minimum atomic E-state index is -1.01. The lowest BCUT2D eigenvalue weighted by atomic mass is 10.2. The summed E-state index contributed by atoms with van der Waals surface area (Å²) in [6.07, 6.45) is 3.99. The summed E-state index contributed by atoms with van der Waals surface area (Å²) in [6.45, 7) is 0.277. The molecule has 2 aromatic heterocycles. The summed E-state index contributed by atoms with van der Waals surface area (Å²) < 4.78 is 0. The van der Waals surface area contributed by atoms with Crippen molar-refractivity contribution in [3.63, 3.8) is 0 Å². The number of H-pyrrole nitrogens is 1. The van der Waals surface area contributed by atoms with Gasteiger partial charge in [0.05, 0.1) is 6.54 Å². The maximum absolute atomic E-state index is 11.8. The van der Waals surface area contributed by atoms with E-state index >= 15 is 0 Å². The van der Waals surface area contributed by atoms with Crippen LogP contribution in [0.4, 0.5) is 0 Å². The molecule has 0 saturated heterocycles.